The molecule has 0 aliphatic carbocycles. The van der Waals surface area contributed by atoms with Crippen molar-refractivity contribution >= 4 is 46.8 Å². The van der Waals surface area contributed by atoms with E-state index in [1.54, 1.807) is 0 Å². The van der Waals surface area contributed by atoms with Gasteiger partial charge >= 0.3 is 1.43 Å². The van der Waals surface area contributed by atoms with E-state index in [2.05, 4.69) is 0 Å². The second kappa shape index (κ2) is 9.22. The van der Waals surface area contributed by atoms with Gasteiger partial charge in [-0.2, -0.15) is 0 Å². The molecular formula is C2H4O2PbS-2. The molecule has 0 N–H and O–H groups in total. The zero-order chi connectivity index (χ0) is 3.58. The Labute approximate surface area is 65.0 Å². The predicted octanol–water partition coefficient (Wildman–Crippen LogP) is -1.51. The smallest absolute Gasteiger partial charge is 1.00 e. The molecule has 0 aromatic rings. The van der Waals surface area contributed by atoms with Gasteiger partial charge in [0.05, 0.1) is 0 Å². The first-order chi connectivity index (χ1) is 1.73. The fourth-order valence-electron chi connectivity index (χ4n) is 0. The number of hydrogen-bond donors (Lipinski definition) is 0. The molecule has 0 aliphatic rings. The van der Waals surface area contributed by atoms with Crippen molar-refractivity contribution in [1.29, 1.82) is 0 Å². The normalized spacial score (nSPS) is 4.17. The Morgan fingerprint density at radius 3 is 1.83 bits per heavy atom. The number of carbonyl (C=O) groups is 1. The molecule has 0 aliphatic heterocycles. The molecule has 0 saturated carbocycles. The maximum atomic E-state index is 8.89. The number of hydrogen-bond acceptors (Lipinski definition) is 2. The maximum absolute atomic E-state index is 8.89. The van der Waals surface area contributed by atoms with Crippen LogP contribution in [0.5, 0.6) is 0 Å². The van der Waals surface area contributed by atoms with Crippen LogP contribution in [0.25, 0.3) is 0 Å². The second-order valence-electron chi connectivity index (χ2n) is 0.492. The van der Waals surface area contributed by atoms with Crippen molar-refractivity contribution in [1.82, 2.24) is 0 Å². The number of rotatable bonds is 0. The molecular weight excluding hydrogens is 295 g/mol. The Kier molecular flexibility index (Phi) is 24.4. The molecule has 0 atom stereocenters. The van der Waals surface area contributed by atoms with Gasteiger partial charge in [0.15, 0.2) is 0 Å². The van der Waals surface area contributed by atoms with Crippen LogP contribution in [-0.4, -0.2) is 33.3 Å². The van der Waals surface area contributed by atoms with Crippen molar-refractivity contribution < 1.29 is 11.3 Å². The van der Waals surface area contributed by atoms with Gasteiger partial charge < -0.3 is 23.4 Å². The van der Waals surface area contributed by atoms with Gasteiger partial charge in [-0.1, -0.05) is 0 Å². The minimum Gasteiger partial charge on any atom is -2.00 e. The quantitative estimate of drug-likeness (QED) is 0.510. The van der Waals surface area contributed by atoms with Crippen molar-refractivity contribution in [3.05, 3.63) is 0 Å². The van der Waals surface area contributed by atoms with E-state index < -0.39 is 5.97 Å². The summed E-state index contributed by atoms with van der Waals surface area (Å²) in [5.41, 5.74) is 0. The van der Waals surface area contributed by atoms with Gasteiger partial charge in [-0.3, -0.25) is 0 Å². The first kappa shape index (κ1) is 15.9. The summed E-state index contributed by atoms with van der Waals surface area (Å²) < 4.78 is 0. The van der Waals surface area contributed by atoms with Crippen LogP contribution in [0.1, 0.15) is 8.35 Å². The Hall–Kier alpha value is 0.742. The maximum Gasteiger partial charge on any atom is 1.00 e. The zero-order valence-corrected chi connectivity index (χ0v) is 7.93. The summed E-state index contributed by atoms with van der Waals surface area (Å²) in [6.45, 7) is 0.972. The van der Waals surface area contributed by atoms with E-state index in [0.717, 1.165) is 6.92 Å². The van der Waals surface area contributed by atoms with Crippen LogP contribution in [0.2, 0.25) is 0 Å². The molecule has 0 spiro atoms. The molecule has 4 radical (unpaired) electrons. The van der Waals surface area contributed by atoms with Gasteiger partial charge in [-0.15, -0.1) is 0 Å². The van der Waals surface area contributed by atoms with Crippen LogP contribution in [0.15, 0.2) is 0 Å². The SMILES string of the molecule is CC(=O)[O-].[H+].[Pb].[S-2]. The summed E-state index contributed by atoms with van der Waals surface area (Å²) in [6.07, 6.45) is 0. The molecule has 0 bridgehead atoms. The molecule has 0 saturated heterocycles. The van der Waals surface area contributed by atoms with E-state index in [9.17, 15) is 0 Å². The Morgan fingerprint density at radius 1 is 1.83 bits per heavy atom. The van der Waals surface area contributed by atoms with Crippen molar-refractivity contribution in [3.8, 4) is 0 Å². The number of carboxylic acid groups (broad SMARTS) is 1. The summed E-state index contributed by atoms with van der Waals surface area (Å²) in [4.78, 5) is 8.89. The second-order valence-corrected chi connectivity index (χ2v) is 0.492. The van der Waals surface area contributed by atoms with E-state index in [1.165, 1.54) is 0 Å². The van der Waals surface area contributed by atoms with Gasteiger partial charge in [0.25, 0.3) is 0 Å². The zero-order valence-electron chi connectivity index (χ0n) is 4.22. The first-order valence-corrected chi connectivity index (χ1v) is 0.908. The molecule has 0 rings (SSSR count). The third-order valence-electron chi connectivity index (χ3n) is 0. The molecule has 0 amide bonds. The van der Waals surface area contributed by atoms with Crippen molar-refractivity contribution in [2.45, 2.75) is 6.92 Å². The monoisotopic (exact) mass is 300 g/mol. The Balaban J connectivity index is -0.0000000150. The van der Waals surface area contributed by atoms with Crippen LogP contribution in [0, 0.1) is 0 Å². The van der Waals surface area contributed by atoms with Crippen molar-refractivity contribution in [2.24, 2.45) is 0 Å². The number of carbonyl (C=O) groups excluding carboxylic acids is 1. The van der Waals surface area contributed by atoms with E-state index >= 15 is 0 Å². The van der Waals surface area contributed by atoms with Crippen LogP contribution < -0.4 is 5.11 Å². The average molecular weight is 299 g/mol. The summed E-state index contributed by atoms with van der Waals surface area (Å²) in [5.74, 6) is -1.08. The molecule has 6 heavy (non-hydrogen) atoms. The van der Waals surface area contributed by atoms with Crippen LogP contribution >= 0.6 is 0 Å². The molecule has 0 heterocycles. The van der Waals surface area contributed by atoms with Gasteiger partial charge in [-0.05, 0) is 6.92 Å². The topological polar surface area (TPSA) is 40.1 Å². The summed E-state index contributed by atoms with van der Waals surface area (Å²) in [7, 11) is 0. The number of carboxylic acids is 1. The van der Waals surface area contributed by atoms with Crippen LogP contribution in [0.4, 0.5) is 0 Å². The van der Waals surface area contributed by atoms with Gasteiger partial charge in [0.1, 0.15) is 0 Å². The fraction of sp³-hybridized carbons (Fsp3) is 0.500. The third kappa shape index (κ3) is 121. The predicted molar refractivity (Wildman–Crippen MR) is 24.9 cm³/mol. The van der Waals surface area contributed by atoms with E-state index in [-0.39, 0.29) is 42.2 Å². The largest absolute Gasteiger partial charge is 2.00 e. The standard InChI is InChI=1S/C2H4O2.Pb.S/c1-2(3)4;;/h1H3,(H,3,4);;/q;;-2. The molecule has 0 unspecified atom stereocenters. The average Bonchev–Trinajstić information content (AvgIpc) is 0.811. The molecule has 2 nitrogen and oxygen atoms in total. The summed E-state index contributed by atoms with van der Waals surface area (Å²) in [6, 6.07) is 0. The van der Waals surface area contributed by atoms with E-state index in [4.69, 9.17) is 9.90 Å². The molecule has 36 valence electrons. The molecule has 0 aromatic heterocycles. The van der Waals surface area contributed by atoms with Crippen LogP contribution in [-0.2, 0) is 18.3 Å². The van der Waals surface area contributed by atoms with E-state index in [1.807, 2.05) is 0 Å². The first-order valence-electron chi connectivity index (χ1n) is 0.908. The summed E-state index contributed by atoms with van der Waals surface area (Å²) in [5, 5.41) is 8.89. The van der Waals surface area contributed by atoms with E-state index in [0.29, 0.717) is 0 Å². The van der Waals surface area contributed by atoms with Crippen LogP contribution in [0.3, 0.4) is 0 Å². The number of aliphatic carboxylic acids is 1. The van der Waals surface area contributed by atoms with Gasteiger partial charge in [-0.25, -0.2) is 0 Å². The van der Waals surface area contributed by atoms with Gasteiger partial charge in [0.2, 0.25) is 0 Å². The van der Waals surface area contributed by atoms with Crippen molar-refractivity contribution in [3.63, 3.8) is 0 Å². The molecule has 4 heteroatoms. The Morgan fingerprint density at radius 2 is 1.83 bits per heavy atom. The van der Waals surface area contributed by atoms with Gasteiger partial charge in [0, 0.05) is 33.3 Å². The Bertz CT molecular complexity index is 38.7. The third-order valence-corrected chi connectivity index (χ3v) is 0. The fourth-order valence-corrected chi connectivity index (χ4v) is 0. The molecule has 0 fully saturated rings. The van der Waals surface area contributed by atoms with Crippen molar-refractivity contribution in [2.75, 3.05) is 0 Å². The minimum atomic E-state index is -1.08. The molecule has 0 aromatic carbocycles. The minimum absolute atomic E-state index is 0. The summed E-state index contributed by atoms with van der Waals surface area (Å²) >= 11 is 0.